The maximum Gasteiger partial charge on any atom is 0.261 e. The topological polar surface area (TPSA) is 71.3 Å². The molecule has 5 nitrogen and oxygen atoms in total. The molecule has 0 bridgehead atoms. The smallest absolute Gasteiger partial charge is 0.261 e. The Balaban J connectivity index is 1.80. The van der Waals surface area contributed by atoms with Crippen LogP contribution in [-0.2, 0) is 10.0 Å². The van der Waals surface area contributed by atoms with E-state index >= 15 is 0 Å². The van der Waals surface area contributed by atoms with Crippen LogP contribution in [0, 0.1) is 13.8 Å². The van der Waals surface area contributed by atoms with Crippen molar-refractivity contribution in [1.29, 1.82) is 0 Å². The second kappa shape index (κ2) is 7.13. The Kier molecular flexibility index (Phi) is 4.76. The zero-order chi connectivity index (χ0) is 20.8. The zero-order valence-electron chi connectivity index (χ0n) is 15.8. The van der Waals surface area contributed by atoms with Crippen LogP contribution >= 0.6 is 11.6 Å². The molecule has 0 fully saturated rings. The van der Waals surface area contributed by atoms with Crippen molar-refractivity contribution in [3.05, 3.63) is 83.0 Å². The molecule has 0 unspecified atom stereocenters. The largest absolute Gasteiger partial charge is 0.506 e. The fourth-order valence-electron chi connectivity index (χ4n) is 3.43. The molecule has 0 amide bonds. The number of aryl methyl sites for hydroxylation is 1. The van der Waals surface area contributed by atoms with E-state index in [1.165, 1.54) is 36.4 Å². The molecule has 29 heavy (non-hydrogen) atoms. The summed E-state index contributed by atoms with van der Waals surface area (Å²) in [6.07, 6.45) is 0. The van der Waals surface area contributed by atoms with Gasteiger partial charge in [-0.2, -0.15) is 0 Å². The summed E-state index contributed by atoms with van der Waals surface area (Å²) in [6, 6.07) is 18.5. The summed E-state index contributed by atoms with van der Waals surface area (Å²) in [5, 5.41) is 12.1. The number of para-hydroxylation sites is 1. The molecule has 3 aromatic carbocycles. The molecule has 0 saturated heterocycles. The number of benzene rings is 3. The minimum absolute atomic E-state index is 0.0586. The highest BCUT2D eigenvalue weighted by molar-refractivity contribution is 7.92. The van der Waals surface area contributed by atoms with Gasteiger partial charge < -0.3 is 9.67 Å². The number of fused-ring (bicyclic) bond motifs is 1. The molecule has 4 aromatic rings. The molecule has 0 radical (unpaired) electrons. The minimum atomic E-state index is -3.79. The second-order valence-corrected chi connectivity index (χ2v) is 8.94. The maximum atomic E-state index is 12.7. The van der Waals surface area contributed by atoms with Crippen molar-refractivity contribution in [3.63, 3.8) is 0 Å². The van der Waals surface area contributed by atoms with Crippen molar-refractivity contribution in [2.24, 2.45) is 0 Å². The molecule has 2 N–H and O–H groups in total. The molecule has 7 heteroatoms. The van der Waals surface area contributed by atoms with Crippen molar-refractivity contribution in [3.8, 4) is 11.4 Å². The van der Waals surface area contributed by atoms with Crippen LogP contribution in [0.2, 0.25) is 5.02 Å². The number of aromatic nitrogens is 1. The Hall–Kier alpha value is -2.96. The highest BCUT2D eigenvalue weighted by atomic mass is 35.5. The van der Waals surface area contributed by atoms with Gasteiger partial charge in [-0.25, -0.2) is 8.42 Å². The normalized spacial score (nSPS) is 11.7. The number of halogens is 1. The monoisotopic (exact) mass is 426 g/mol. The Morgan fingerprint density at radius 1 is 0.966 bits per heavy atom. The van der Waals surface area contributed by atoms with E-state index in [4.69, 9.17) is 11.6 Å². The molecule has 0 spiro atoms. The van der Waals surface area contributed by atoms with E-state index in [1.54, 1.807) is 6.07 Å². The van der Waals surface area contributed by atoms with Gasteiger partial charge in [0.25, 0.3) is 10.0 Å². The van der Waals surface area contributed by atoms with Crippen LogP contribution in [-0.4, -0.2) is 18.1 Å². The summed E-state index contributed by atoms with van der Waals surface area (Å²) in [5.74, 6) is 0.0586. The molecule has 0 atom stereocenters. The minimum Gasteiger partial charge on any atom is -0.506 e. The Morgan fingerprint density at radius 2 is 1.66 bits per heavy atom. The average Bonchev–Trinajstić information content (AvgIpc) is 2.94. The van der Waals surface area contributed by atoms with Gasteiger partial charge in [-0.15, -0.1) is 0 Å². The first-order valence-electron chi connectivity index (χ1n) is 8.96. The number of nitrogens with one attached hydrogen (secondary N) is 1. The Bertz CT molecular complexity index is 1330. The number of nitrogens with zero attached hydrogens (tertiary/aromatic N) is 1. The van der Waals surface area contributed by atoms with Crippen LogP contribution in [0.4, 0.5) is 5.69 Å². The lowest BCUT2D eigenvalue weighted by atomic mass is 10.2. The van der Waals surface area contributed by atoms with E-state index < -0.39 is 10.0 Å². The third-order valence-electron chi connectivity index (χ3n) is 5.02. The molecule has 0 aliphatic rings. The lowest BCUT2D eigenvalue weighted by Gasteiger charge is -2.14. The van der Waals surface area contributed by atoms with Gasteiger partial charge in [-0.3, -0.25) is 4.72 Å². The summed E-state index contributed by atoms with van der Waals surface area (Å²) in [4.78, 5) is 0.106. The molecule has 0 aliphatic heterocycles. The van der Waals surface area contributed by atoms with Crippen LogP contribution in [0.3, 0.4) is 0 Å². The lowest BCUT2D eigenvalue weighted by Crippen LogP contribution is -2.13. The van der Waals surface area contributed by atoms with Gasteiger partial charge in [0.05, 0.1) is 21.8 Å². The molecule has 148 valence electrons. The van der Waals surface area contributed by atoms with Gasteiger partial charge in [0, 0.05) is 16.1 Å². The third kappa shape index (κ3) is 3.45. The Morgan fingerprint density at radius 3 is 2.38 bits per heavy atom. The SMILES string of the molecule is Cc1c(C)n(-c2cc(NS(=O)(=O)c3ccc(Cl)cc3)ccc2O)c2ccccc12. The first kappa shape index (κ1) is 19.4. The fraction of sp³-hybridized carbons (Fsp3) is 0.0909. The number of phenols is 1. The first-order valence-corrected chi connectivity index (χ1v) is 10.8. The van der Waals surface area contributed by atoms with Crippen LogP contribution in [0.25, 0.3) is 16.6 Å². The second-order valence-electron chi connectivity index (χ2n) is 6.83. The molecule has 0 saturated carbocycles. The molecule has 0 aliphatic carbocycles. The maximum absolute atomic E-state index is 12.7. The van der Waals surface area contributed by atoms with Crippen LogP contribution in [0.15, 0.2) is 71.6 Å². The van der Waals surface area contributed by atoms with E-state index in [1.807, 2.05) is 42.7 Å². The summed E-state index contributed by atoms with van der Waals surface area (Å²) >= 11 is 5.85. The van der Waals surface area contributed by atoms with Gasteiger partial charge in [-0.05, 0) is 67.9 Å². The van der Waals surface area contributed by atoms with Crippen LogP contribution in [0.5, 0.6) is 5.75 Å². The van der Waals surface area contributed by atoms with Crippen molar-refractivity contribution < 1.29 is 13.5 Å². The number of hydrogen-bond acceptors (Lipinski definition) is 3. The van der Waals surface area contributed by atoms with Gasteiger partial charge in [0.15, 0.2) is 0 Å². The number of rotatable bonds is 4. The fourth-order valence-corrected chi connectivity index (χ4v) is 4.61. The number of sulfonamides is 1. The van der Waals surface area contributed by atoms with E-state index in [2.05, 4.69) is 4.72 Å². The van der Waals surface area contributed by atoms with Crippen molar-refractivity contribution >= 4 is 38.2 Å². The third-order valence-corrected chi connectivity index (χ3v) is 6.67. The summed E-state index contributed by atoms with van der Waals surface area (Å²) in [5.41, 5.74) is 3.87. The highest BCUT2D eigenvalue weighted by Gasteiger charge is 2.18. The molecule has 1 heterocycles. The van der Waals surface area contributed by atoms with Crippen molar-refractivity contribution in [2.45, 2.75) is 18.7 Å². The highest BCUT2D eigenvalue weighted by Crippen LogP contribution is 2.34. The van der Waals surface area contributed by atoms with E-state index in [0.29, 0.717) is 16.4 Å². The van der Waals surface area contributed by atoms with E-state index in [9.17, 15) is 13.5 Å². The van der Waals surface area contributed by atoms with Crippen LogP contribution in [0.1, 0.15) is 11.3 Å². The molecular formula is C22H19ClN2O3S. The summed E-state index contributed by atoms with van der Waals surface area (Å²) in [7, 11) is -3.79. The molecule has 4 rings (SSSR count). The first-order chi connectivity index (χ1) is 13.8. The van der Waals surface area contributed by atoms with Gasteiger partial charge >= 0.3 is 0 Å². The summed E-state index contributed by atoms with van der Waals surface area (Å²) in [6.45, 7) is 4.00. The van der Waals surface area contributed by atoms with E-state index in [0.717, 1.165) is 22.2 Å². The number of aromatic hydroxyl groups is 1. The number of anilines is 1. The van der Waals surface area contributed by atoms with Crippen LogP contribution < -0.4 is 4.72 Å². The number of hydrogen-bond donors (Lipinski definition) is 2. The predicted octanol–water partition coefficient (Wildman–Crippen LogP) is 5.41. The Labute approximate surface area is 174 Å². The zero-order valence-corrected chi connectivity index (χ0v) is 17.4. The van der Waals surface area contributed by atoms with E-state index in [-0.39, 0.29) is 10.6 Å². The summed E-state index contributed by atoms with van der Waals surface area (Å²) < 4.78 is 29.9. The quantitative estimate of drug-likeness (QED) is 0.429. The molecule has 1 aromatic heterocycles. The van der Waals surface area contributed by atoms with Gasteiger partial charge in [-0.1, -0.05) is 29.8 Å². The van der Waals surface area contributed by atoms with Crippen molar-refractivity contribution in [2.75, 3.05) is 4.72 Å². The predicted molar refractivity (Wildman–Crippen MR) is 117 cm³/mol. The standard InChI is InChI=1S/C22H19ClN2O3S/c1-14-15(2)25(20-6-4-3-5-19(14)20)21-13-17(9-12-22(21)26)24-29(27,28)18-10-7-16(23)8-11-18/h3-13,24,26H,1-2H3. The number of phenolic OH excluding ortho intramolecular Hbond substituents is 1. The lowest BCUT2D eigenvalue weighted by molar-refractivity contribution is 0.472. The van der Waals surface area contributed by atoms with Gasteiger partial charge in [0.1, 0.15) is 5.75 Å². The molecular weight excluding hydrogens is 408 g/mol. The average molecular weight is 427 g/mol. The van der Waals surface area contributed by atoms with Gasteiger partial charge in [0.2, 0.25) is 0 Å². The van der Waals surface area contributed by atoms with Crippen molar-refractivity contribution in [1.82, 2.24) is 4.57 Å².